The standard InChI is InChI=1S/C11H10BrFO/c12-6-11(14)9-4-3-8(5-10(9)13)7-1-2-7/h3-5,7H,1-2,6H2. The Hall–Kier alpha value is -0.700. The Kier molecular flexibility index (Phi) is 2.68. The molecule has 74 valence electrons. The van der Waals surface area contributed by atoms with Crippen molar-refractivity contribution < 1.29 is 9.18 Å². The molecule has 1 aliphatic carbocycles. The van der Waals surface area contributed by atoms with Gasteiger partial charge in [0.1, 0.15) is 5.82 Å². The van der Waals surface area contributed by atoms with Gasteiger partial charge >= 0.3 is 0 Å². The van der Waals surface area contributed by atoms with Crippen LogP contribution in [0.1, 0.15) is 34.7 Å². The van der Waals surface area contributed by atoms with Crippen LogP contribution in [-0.2, 0) is 0 Å². The number of ketones is 1. The van der Waals surface area contributed by atoms with Gasteiger partial charge in [0, 0.05) is 0 Å². The molecule has 0 atom stereocenters. The SMILES string of the molecule is O=C(CBr)c1ccc(C2CC2)cc1F. The lowest BCUT2D eigenvalue weighted by Crippen LogP contribution is -2.03. The number of hydrogen-bond acceptors (Lipinski definition) is 1. The number of carbonyl (C=O) groups is 1. The molecule has 1 saturated carbocycles. The van der Waals surface area contributed by atoms with E-state index in [1.807, 2.05) is 6.07 Å². The normalized spacial score (nSPS) is 15.6. The Morgan fingerprint density at radius 3 is 2.71 bits per heavy atom. The fourth-order valence-electron chi connectivity index (χ4n) is 1.50. The largest absolute Gasteiger partial charge is 0.293 e. The van der Waals surface area contributed by atoms with Crippen molar-refractivity contribution in [3.63, 3.8) is 0 Å². The van der Waals surface area contributed by atoms with Crippen LogP contribution in [0, 0.1) is 5.82 Å². The highest BCUT2D eigenvalue weighted by Crippen LogP contribution is 2.40. The quantitative estimate of drug-likeness (QED) is 0.599. The van der Waals surface area contributed by atoms with Gasteiger partial charge in [0.05, 0.1) is 10.9 Å². The number of carbonyl (C=O) groups excluding carboxylic acids is 1. The highest BCUT2D eigenvalue weighted by Gasteiger charge is 2.24. The molecule has 1 fully saturated rings. The molecule has 1 nitrogen and oxygen atoms in total. The molecule has 1 aliphatic rings. The van der Waals surface area contributed by atoms with Crippen molar-refractivity contribution in [1.29, 1.82) is 0 Å². The van der Waals surface area contributed by atoms with E-state index in [0.29, 0.717) is 5.92 Å². The predicted octanol–water partition coefficient (Wildman–Crippen LogP) is 3.28. The molecule has 0 heterocycles. The lowest BCUT2D eigenvalue weighted by Gasteiger charge is -2.02. The zero-order valence-electron chi connectivity index (χ0n) is 7.59. The lowest BCUT2D eigenvalue weighted by atomic mass is 10.1. The first-order valence-corrected chi connectivity index (χ1v) is 5.73. The number of Topliss-reactive ketones (excluding diaryl/α,β-unsaturated/α-hetero) is 1. The second-order valence-corrected chi connectivity index (χ2v) is 4.13. The van der Waals surface area contributed by atoms with Crippen molar-refractivity contribution in [3.05, 3.63) is 35.1 Å². The first-order valence-electron chi connectivity index (χ1n) is 4.61. The van der Waals surface area contributed by atoms with E-state index in [4.69, 9.17) is 0 Å². The van der Waals surface area contributed by atoms with Crippen molar-refractivity contribution in [2.75, 3.05) is 5.33 Å². The van der Waals surface area contributed by atoms with Crippen LogP contribution in [-0.4, -0.2) is 11.1 Å². The van der Waals surface area contributed by atoms with Crippen molar-refractivity contribution in [3.8, 4) is 0 Å². The second kappa shape index (κ2) is 3.81. The summed E-state index contributed by atoms with van der Waals surface area (Å²) < 4.78 is 13.4. The third kappa shape index (κ3) is 1.87. The predicted molar refractivity (Wildman–Crippen MR) is 56.5 cm³/mol. The maximum Gasteiger partial charge on any atom is 0.176 e. The highest BCUT2D eigenvalue weighted by molar-refractivity contribution is 9.09. The van der Waals surface area contributed by atoms with Crippen molar-refractivity contribution >= 4 is 21.7 Å². The third-order valence-corrected chi connectivity index (χ3v) is 2.97. The summed E-state index contributed by atoms with van der Waals surface area (Å²) in [6, 6.07) is 4.94. The zero-order valence-corrected chi connectivity index (χ0v) is 9.18. The Morgan fingerprint density at radius 2 is 2.21 bits per heavy atom. The smallest absolute Gasteiger partial charge is 0.176 e. The van der Waals surface area contributed by atoms with E-state index in [-0.39, 0.29) is 22.5 Å². The summed E-state index contributed by atoms with van der Waals surface area (Å²) in [6.07, 6.45) is 2.29. The summed E-state index contributed by atoms with van der Waals surface area (Å²) in [5.74, 6) is -0.0682. The summed E-state index contributed by atoms with van der Waals surface area (Å²) in [5.41, 5.74) is 1.21. The summed E-state index contributed by atoms with van der Waals surface area (Å²) in [7, 11) is 0. The fourth-order valence-corrected chi connectivity index (χ4v) is 1.80. The molecule has 0 spiro atoms. The molecule has 0 bridgehead atoms. The molecule has 0 saturated heterocycles. The minimum Gasteiger partial charge on any atom is -0.293 e. The van der Waals surface area contributed by atoms with Gasteiger partial charge in [0.15, 0.2) is 5.78 Å². The number of rotatable bonds is 3. The Labute approximate surface area is 90.4 Å². The van der Waals surface area contributed by atoms with Gasteiger partial charge < -0.3 is 0 Å². The molecular weight excluding hydrogens is 247 g/mol. The van der Waals surface area contributed by atoms with Gasteiger partial charge in [-0.2, -0.15) is 0 Å². The van der Waals surface area contributed by atoms with Crippen LogP contribution in [0.15, 0.2) is 18.2 Å². The van der Waals surface area contributed by atoms with E-state index in [9.17, 15) is 9.18 Å². The topological polar surface area (TPSA) is 17.1 Å². The van der Waals surface area contributed by atoms with Crippen LogP contribution in [0.2, 0.25) is 0 Å². The van der Waals surface area contributed by atoms with Gasteiger partial charge in [-0.1, -0.05) is 22.0 Å². The summed E-state index contributed by atoms with van der Waals surface area (Å²) in [4.78, 5) is 11.2. The maximum absolute atomic E-state index is 13.4. The Morgan fingerprint density at radius 1 is 1.50 bits per heavy atom. The molecule has 3 heteroatoms. The van der Waals surface area contributed by atoms with E-state index < -0.39 is 0 Å². The Bertz CT molecular complexity index is 372. The van der Waals surface area contributed by atoms with Crippen molar-refractivity contribution in [2.45, 2.75) is 18.8 Å². The van der Waals surface area contributed by atoms with Crippen LogP contribution in [0.25, 0.3) is 0 Å². The van der Waals surface area contributed by atoms with Crippen LogP contribution in [0.4, 0.5) is 4.39 Å². The third-order valence-electron chi connectivity index (χ3n) is 2.46. The van der Waals surface area contributed by atoms with Crippen LogP contribution in [0.3, 0.4) is 0 Å². The maximum atomic E-state index is 13.4. The monoisotopic (exact) mass is 256 g/mol. The lowest BCUT2D eigenvalue weighted by molar-refractivity contribution is 0.102. The molecule has 0 N–H and O–H groups in total. The number of halogens is 2. The summed E-state index contributed by atoms with van der Waals surface area (Å²) >= 11 is 3.03. The molecule has 2 rings (SSSR count). The summed E-state index contributed by atoms with van der Waals surface area (Å²) in [6.45, 7) is 0. The van der Waals surface area contributed by atoms with E-state index in [1.54, 1.807) is 6.07 Å². The minimum absolute atomic E-state index is 0.173. The number of alkyl halides is 1. The van der Waals surface area contributed by atoms with E-state index in [1.165, 1.54) is 6.07 Å². The fraction of sp³-hybridized carbons (Fsp3) is 0.364. The molecule has 0 radical (unpaired) electrons. The van der Waals surface area contributed by atoms with Gasteiger partial charge in [-0.25, -0.2) is 4.39 Å². The first kappa shape index (κ1) is 9.84. The molecule has 0 aliphatic heterocycles. The van der Waals surface area contributed by atoms with Crippen LogP contribution < -0.4 is 0 Å². The molecular formula is C11H10BrFO. The molecule has 1 aromatic carbocycles. The van der Waals surface area contributed by atoms with E-state index >= 15 is 0 Å². The average molecular weight is 257 g/mol. The van der Waals surface area contributed by atoms with Gasteiger partial charge in [0.2, 0.25) is 0 Å². The minimum atomic E-state index is -0.390. The van der Waals surface area contributed by atoms with Crippen LogP contribution >= 0.6 is 15.9 Å². The first-order chi connectivity index (χ1) is 6.72. The van der Waals surface area contributed by atoms with Gasteiger partial charge in [-0.3, -0.25) is 4.79 Å². The average Bonchev–Trinajstić information content (AvgIpc) is 3.00. The Balaban J connectivity index is 2.30. The molecule has 0 unspecified atom stereocenters. The molecule has 0 aromatic heterocycles. The van der Waals surface area contributed by atoms with Gasteiger partial charge in [-0.15, -0.1) is 0 Å². The van der Waals surface area contributed by atoms with Crippen LogP contribution in [0.5, 0.6) is 0 Å². The van der Waals surface area contributed by atoms with E-state index in [2.05, 4.69) is 15.9 Å². The highest BCUT2D eigenvalue weighted by atomic mass is 79.9. The van der Waals surface area contributed by atoms with Gasteiger partial charge in [0.25, 0.3) is 0 Å². The summed E-state index contributed by atoms with van der Waals surface area (Å²) in [5, 5.41) is 0.173. The second-order valence-electron chi connectivity index (χ2n) is 3.57. The van der Waals surface area contributed by atoms with Gasteiger partial charge in [-0.05, 0) is 36.5 Å². The van der Waals surface area contributed by atoms with Crippen molar-refractivity contribution in [2.24, 2.45) is 0 Å². The number of hydrogen-bond donors (Lipinski definition) is 0. The molecule has 1 aromatic rings. The molecule has 14 heavy (non-hydrogen) atoms. The zero-order chi connectivity index (χ0) is 10.1. The number of benzene rings is 1. The van der Waals surface area contributed by atoms with E-state index in [0.717, 1.165) is 18.4 Å². The van der Waals surface area contributed by atoms with Crippen molar-refractivity contribution in [1.82, 2.24) is 0 Å². The molecule has 0 amide bonds.